The summed E-state index contributed by atoms with van der Waals surface area (Å²) >= 11 is 0. The SMILES string of the molecule is CC/C=C\C/C=C\C/C=C\C/C=C\C/C=C\C/C=C\CCCCCCC(=O)OC(/C=C/CCCCCCCCCCC)C(COP(=O)(O)OCC[N+](C)(C)C)NC(=O)CCCCCCCCCCCCCCCCCC. The first-order valence-corrected chi connectivity index (χ1v) is 32.9. The zero-order valence-corrected chi connectivity index (χ0v) is 51.1. The Kier molecular flexibility index (Phi) is 53.5. The summed E-state index contributed by atoms with van der Waals surface area (Å²) in [6.07, 6.45) is 72.9. The summed E-state index contributed by atoms with van der Waals surface area (Å²) in [5, 5.41) is 3.05. The molecule has 0 aromatic heterocycles. The lowest BCUT2D eigenvalue weighted by molar-refractivity contribution is -0.870. The Morgan fingerprint density at radius 2 is 0.842 bits per heavy atom. The third-order valence-corrected chi connectivity index (χ3v) is 14.6. The highest BCUT2D eigenvalue weighted by atomic mass is 31.2. The number of hydrogen-bond acceptors (Lipinski definition) is 6. The van der Waals surface area contributed by atoms with E-state index >= 15 is 0 Å². The summed E-state index contributed by atoms with van der Waals surface area (Å²) in [7, 11) is 1.48. The molecule has 0 rings (SSSR count). The van der Waals surface area contributed by atoms with E-state index in [-0.39, 0.29) is 31.5 Å². The van der Waals surface area contributed by atoms with Crippen LogP contribution in [0, 0.1) is 0 Å². The third-order valence-electron chi connectivity index (χ3n) is 13.6. The fraction of sp³-hybridized carbons (Fsp3) is 0.758. The van der Waals surface area contributed by atoms with Gasteiger partial charge in [-0.1, -0.05) is 260 Å². The number of quaternary nitrogens is 1. The van der Waals surface area contributed by atoms with Gasteiger partial charge in [0.15, 0.2) is 0 Å². The predicted octanol–water partition coefficient (Wildman–Crippen LogP) is 19.4. The molecule has 0 heterocycles. The van der Waals surface area contributed by atoms with E-state index in [2.05, 4.69) is 99.0 Å². The van der Waals surface area contributed by atoms with Crippen molar-refractivity contribution in [2.24, 2.45) is 0 Å². The fourth-order valence-electron chi connectivity index (χ4n) is 8.77. The molecule has 0 fully saturated rings. The van der Waals surface area contributed by atoms with Crippen molar-refractivity contribution in [3.05, 3.63) is 85.1 Å². The molecule has 0 aliphatic rings. The zero-order chi connectivity index (χ0) is 55.7. The van der Waals surface area contributed by atoms with Crippen molar-refractivity contribution >= 4 is 19.7 Å². The van der Waals surface area contributed by atoms with Gasteiger partial charge in [-0.3, -0.25) is 18.6 Å². The molecule has 0 saturated carbocycles. The third kappa shape index (κ3) is 55.9. The topological polar surface area (TPSA) is 111 Å². The van der Waals surface area contributed by atoms with Gasteiger partial charge >= 0.3 is 13.8 Å². The van der Waals surface area contributed by atoms with Gasteiger partial charge in [0.05, 0.1) is 33.8 Å². The smallest absolute Gasteiger partial charge is 0.456 e. The molecule has 0 aliphatic carbocycles. The second-order valence-electron chi connectivity index (χ2n) is 22.2. The van der Waals surface area contributed by atoms with E-state index in [1.54, 1.807) is 0 Å². The maximum atomic E-state index is 13.5. The first-order chi connectivity index (χ1) is 36.9. The molecule has 1 amide bonds. The normalized spacial score (nSPS) is 14.2. The molecule has 3 atom stereocenters. The number of amides is 1. The molecule has 0 aliphatic heterocycles. The number of phosphoric ester groups is 1. The number of unbranched alkanes of at least 4 members (excludes halogenated alkanes) is 28. The highest BCUT2D eigenvalue weighted by Crippen LogP contribution is 2.43. The number of carbonyl (C=O) groups excluding carboxylic acids is 2. The Morgan fingerprint density at radius 1 is 0.474 bits per heavy atom. The van der Waals surface area contributed by atoms with Crippen molar-refractivity contribution < 1.29 is 37.3 Å². The standard InChI is InChI=1S/C66H119N2O7P/c1-7-10-13-16-19-22-25-27-29-31-32-33-34-35-36-37-39-41-44-47-50-53-56-59-66(70)75-64(57-54-51-48-45-42-24-21-18-15-12-9-3)63(62-74-76(71,72)73-61-60-68(4,5)6)67-65(69)58-55-52-49-46-43-40-38-30-28-26-23-20-17-14-11-8-2/h10,13,19,22,27,29,32-33,35-36,39,41,54,57,63-64H,7-9,11-12,14-18,20-21,23-26,28,30-31,34,37-38,40,42-53,55-56,58-62H2,1-6H3,(H-,67,69,71,72)/p+1/b13-10-,22-19-,29-27-,33-32-,36-35-,41-39-,57-54+. The number of hydrogen-bond donors (Lipinski definition) is 2. The molecular formula is C66H120N2O7P+. The van der Waals surface area contributed by atoms with Crippen molar-refractivity contribution in [3.8, 4) is 0 Å². The van der Waals surface area contributed by atoms with Crippen molar-refractivity contribution in [2.45, 2.75) is 283 Å². The Bertz CT molecular complexity index is 1580. The summed E-state index contributed by atoms with van der Waals surface area (Å²) in [5.41, 5.74) is 0. The van der Waals surface area contributed by atoms with Gasteiger partial charge in [0, 0.05) is 12.8 Å². The molecular weight excluding hydrogens is 964 g/mol. The number of allylic oxidation sites excluding steroid dienone is 13. The second-order valence-corrected chi connectivity index (χ2v) is 23.7. The van der Waals surface area contributed by atoms with Crippen LogP contribution in [-0.2, 0) is 27.9 Å². The van der Waals surface area contributed by atoms with Crippen LogP contribution in [0.3, 0.4) is 0 Å². The van der Waals surface area contributed by atoms with E-state index in [0.717, 1.165) is 103 Å². The number of nitrogens with zero attached hydrogens (tertiary/aromatic N) is 1. The summed E-state index contributed by atoms with van der Waals surface area (Å²) in [6, 6.07) is -0.860. The van der Waals surface area contributed by atoms with E-state index in [1.807, 2.05) is 33.3 Å². The molecule has 2 N–H and O–H groups in total. The molecule has 0 bridgehead atoms. The summed E-state index contributed by atoms with van der Waals surface area (Å²) in [6.45, 7) is 6.89. The largest absolute Gasteiger partial charge is 0.472 e. The molecule has 10 heteroatoms. The van der Waals surface area contributed by atoms with E-state index in [0.29, 0.717) is 23.9 Å². The van der Waals surface area contributed by atoms with Crippen LogP contribution in [0.15, 0.2) is 85.1 Å². The van der Waals surface area contributed by atoms with Crippen LogP contribution in [0.5, 0.6) is 0 Å². The first kappa shape index (κ1) is 73.2. The Labute approximate surface area is 469 Å². The minimum Gasteiger partial charge on any atom is -0.456 e. The van der Waals surface area contributed by atoms with E-state index < -0.39 is 20.0 Å². The molecule has 0 saturated heterocycles. The molecule has 76 heavy (non-hydrogen) atoms. The van der Waals surface area contributed by atoms with Crippen molar-refractivity contribution in [2.75, 3.05) is 40.9 Å². The lowest BCUT2D eigenvalue weighted by atomic mass is 10.0. The number of ether oxygens (including phenoxy) is 1. The molecule has 0 aromatic carbocycles. The molecule has 3 unspecified atom stereocenters. The fourth-order valence-corrected chi connectivity index (χ4v) is 9.50. The number of likely N-dealkylation sites (N-methyl/N-ethyl adjacent to an activating group) is 1. The second kappa shape index (κ2) is 55.5. The average Bonchev–Trinajstić information content (AvgIpc) is 3.38. The van der Waals surface area contributed by atoms with Crippen LogP contribution in [0.2, 0.25) is 0 Å². The average molecular weight is 1080 g/mol. The van der Waals surface area contributed by atoms with Crippen molar-refractivity contribution in [1.82, 2.24) is 5.32 Å². The Hall–Kier alpha value is -2.81. The number of rotatable bonds is 56. The molecule has 440 valence electrons. The van der Waals surface area contributed by atoms with Crippen LogP contribution >= 0.6 is 7.82 Å². The van der Waals surface area contributed by atoms with Gasteiger partial charge in [-0.2, -0.15) is 0 Å². The highest BCUT2D eigenvalue weighted by Gasteiger charge is 2.30. The number of phosphoric acid groups is 1. The van der Waals surface area contributed by atoms with Gasteiger partial charge in [0.25, 0.3) is 0 Å². The van der Waals surface area contributed by atoms with Crippen LogP contribution < -0.4 is 5.32 Å². The molecule has 0 aromatic rings. The molecule has 9 nitrogen and oxygen atoms in total. The van der Waals surface area contributed by atoms with Gasteiger partial charge in [0.1, 0.15) is 19.3 Å². The minimum atomic E-state index is -4.45. The number of nitrogens with one attached hydrogen (secondary N) is 1. The van der Waals surface area contributed by atoms with Gasteiger partial charge in [-0.05, 0) is 83.1 Å². The van der Waals surface area contributed by atoms with Crippen LogP contribution in [0.1, 0.15) is 271 Å². The molecule has 0 radical (unpaired) electrons. The summed E-state index contributed by atoms with van der Waals surface area (Å²) in [4.78, 5) is 37.7. The van der Waals surface area contributed by atoms with E-state index in [9.17, 15) is 19.0 Å². The number of carbonyl (C=O) groups is 2. The minimum absolute atomic E-state index is 0.0337. The van der Waals surface area contributed by atoms with Crippen molar-refractivity contribution in [1.29, 1.82) is 0 Å². The maximum Gasteiger partial charge on any atom is 0.472 e. The zero-order valence-electron chi connectivity index (χ0n) is 50.2. The van der Waals surface area contributed by atoms with Gasteiger partial charge < -0.3 is 19.4 Å². The predicted molar refractivity (Wildman–Crippen MR) is 328 cm³/mol. The van der Waals surface area contributed by atoms with Gasteiger partial charge in [-0.25, -0.2) is 4.57 Å². The monoisotopic (exact) mass is 1080 g/mol. The van der Waals surface area contributed by atoms with Gasteiger partial charge in [-0.15, -0.1) is 0 Å². The molecule has 0 spiro atoms. The quantitative estimate of drug-likeness (QED) is 0.0205. The Balaban J connectivity index is 5.24. The first-order valence-electron chi connectivity index (χ1n) is 31.4. The highest BCUT2D eigenvalue weighted by molar-refractivity contribution is 7.47. The summed E-state index contributed by atoms with van der Waals surface area (Å²) in [5.74, 6) is -0.531. The lowest BCUT2D eigenvalue weighted by Crippen LogP contribution is -2.47. The van der Waals surface area contributed by atoms with E-state index in [1.165, 1.54) is 128 Å². The number of esters is 1. The van der Waals surface area contributed by atoms with Crippen LogP contribution in [0.4, 0.5) is 0 Å². The van der Waals surface area contributed by atoms with Crippen molar-refractivity contribution in [3.63, 3.8) is 0 Å². The maximum absolute atomic E-state index is 13.5. The Morgan fingerprint density at radius 3 is 1.26 bits per heavy atom. The van der Waals surface area contributed by atoms with E-state index in [4.69, 9.17) is 13.8 Å². The summed E-state index contributed by atoms with van der Waals surface area (Å²) < 4.78 is 30.7. The van der Waals surface area contributed by atoms with Crippen LogP contribution in [-0.4, -0.2) is 74.3 Å². The lowest BCUT2D eigenvalue weighted by Gasteiger charge is -2.27. The van der Waals surface area contributed by atoms with Gasteiger partial charge in [0.2, 0.25) is 5.91 Å². The van der Waals surface area contributed by atoms with Crippen LogP contribution in [0.25, 0.3) is 0 Å².